The van der Waals surface area contributed by atoms with Crippen molar-refractivity contribution in [1.29, 1.82) is 0 Å². The predicted octanol–water partition coefficient (Wildman–Crippen LogP) is 3.90. The molecule has 1 aromatic rings. The Morgan fingerprint density at radius 1 is 0.739 bits per heavy atom. The highest BCUT2D eigenvalue weighted by atomic mass is 16.9. The molecule has 6 nitrogen and oxygen atoms in total. The van der Waals surface area contributed by atoms with E-state index in [2.05, 4.69) is 0 Å². The zero-order chi connectivity index (χ0) is 17.2. The summed E-state index contributed by atoms with van der Waals surface area (Å²) in [7, 11) is 0. The normalized spacial score (nSPS) is 10.5. The van der Waals surface area contributed by atoms with E-state index in [-0.39, 0.29) is 0 Å². The fraction of sp³-hybridized carbons (Fsp3) is 0.647. The fourth-order valence-corrected chi connectivity index (χ4v) is 2.15. The zero-order valence-electron chi connectivity index (χ0n) is 15.1. The van der Waals surface area contributed by atoms with Crippen LogP contribution in [0.5, 0.6) is 17.2 Å². The molecule has 0 aliphatic carbocycles. The van der Waals surface area contributed by atoms with Crippen molar-refractivity contribution in [3.8, 4) is 17.2 Å². The third-order valence-corrected chi connectivity index (χ3v) is 2.98. The van der Waals surface area contributed by atoms with Crippen LogP contribution >= 0.6 is 0 Å². The molecule has 0 heterocycles. The standard InChI is InChI=1S/C17H29NO5/c1-7-19-15-12-14(18(22-10-4)23-11-5)17(21-9-3)16(13(15)6)20-8-2/h12H,7-11H2,1-6H3. The van der Waals surface area contributed by atoms with Gasteiger partial charge in [-0.15, -0.1) is 5.23 Å². The molecule has 0 N–H and O–H groups in total. The smallest absolute Gasteiger partial charge is 0.190 e. The van der Waals surface area contributed by atoms with Gasteiger partial charge in [-0.3, -0.25) is 0 Å². The molecule has 0 atom stereocenters. The number of hydrogen-bond acceptors (Lipinski definition) is 6. The second-order valence-electron chi connectivity index (χ2n) is 4.57. The van der Waals surface area contributed by atoms with Crippen LogP contribution in [0, 0.1) is 6.92 Å². The van der Waals surface area contributed by atoms with E-state index in [0.29, 0.717) is 50.2 Å². The molecule has 0 radical (unpaired) electrons. The van der Waals surface area contributed by atoms with Crippen molar-refractivity contribution < 1.29 is 23.9 Å². The van der Waals surface area contributed by atoms with Crippen LogP contribution in [0.15, 0.2) is 6.07 Å². The highest BCUT2D eigenvalue weighted by molar-refractivity contribution is 5.69. The summed E-state index contributed by atoms with van der Waals surface area (Å²) in [5.41, 5.74) is 1.53. The Kier molecular flexibility index (Phi) is 8.58. The number of anilines is 1. The lowest BCUT2D eigenvalue weighted by molar-refractivity contribution is -0.0826. The maximum absolute atomic E-state index is 5.83. The minimum atomic E-state index is 0.466. The van der Waals surface area contributed by atoms with E-state index in [0.717, 1.165) is 11.3 Å². The number of ether oxygens (including phenoxy) is 3. The minimum absolute atomic E-state index is 0.466. The molecular formula is C17H29NO5. The summed E-state index contributed by atoms with van der Waals surface area (Å²) in [6.45, 7) is 14.1. The van der Waals surface area contributed by atoms with Crippen molar-refractivity contribution in [2.24, 2.45) is 0 Å². The monoisotopic (exact) mass is 327 g/mol. The average molecular weight is 327 g/mol. The van der Waals surface area contributed by atoms with Gasteiger partial charge in [-0.25, -0.2) is 9.68 Å². The van der Waals surface area contributed by atoms with Crippen molar-refractivity contribution in [3.63, 3.8) is 0 Å². The van der Waals surface area contributed by atoms with Crippen molar-refractivity contribution in [3.05, 3.63) is 11.6 Å². The van der Waals surface area contributed by atoms with Gasteiger partial charge in [0.2, 0.25) is 0 Å². The summed E-state index contributed by atoms with van der Waals surface area (Å²) in [4.78, 5) is 11.2. The van der Waals surface area contributed by atoms with Gasteiger partial charge in [0.05, 0.1) is 33.0 Å². The van der Waals surface area contributed by atoms with Gasteiger partial charge in [-0.05, 0) is 41.5 Å². The Morgan fingerprint density at radius 3 is 1.74 bits per heavy atom. The first kappa shape index (κ1) is 19.4. The Hall–Kier alpha value is -1.66. The van der Waals surface area contributed by atoms with E-state index in [9.17, 15) is 0 Å². The highest BCUT2D eigenvalue weighted by Crippen LogP contribution is 2.45. The summed E-state index contributed by atoms with van der Waals surface area (Å²) in [6.07, 6.45) is 0. The number of rotatable bonds is 11. The molecule has 132 valence electrons. The molecule has 23 heavy (non-hydrogen) atoms. The van der Waals surface area contributed by atoms with Crippen LogP contribution in [0.2, 0.25) is 0 Å². The molecule has 0 aromatic heterocycles. The van der Waals surface area contributed by atoms with Gasteiger partial charge in [-0.1, -0.05) is 0 Å². The Labute approximate surface area is 139 Å². The van der Waals surface area contributed by atoms with E-state index in [1.165, 1.54) is 5.23 Å². The first-order valence-electron chi connectivity index (χ1n) is 8.26. The van der Waals surface area contributed by atoms with E-state index < -0.39 is 0 Å². The van der Waals surface area contributed by atoms with Crippen molar-refractivity contribution in [2.45, 2.75) is 41.5 Å². The summed E-state index contributed by atoms with van der Waals surface area (Å²) in [5.74, 6) is 1.97. The van der Waals surface area contributed by atoms with Gasteiger partial charge in [0.1, 0.15) is 11.4 Å². The molecule has 1 rings (SSSR count). The second-order valence-corrected chi connectivity index (χ2v) is 4.57. The van der Waals surface area contributed by atoms with Crippen LogP contribution in [-0.4, -0.2) is 33.0 Å². The topological polar surface area (TPSA) is 49.4 Å². The molecular weight excluding hydrogens is 298 g/mol. The molecule has 0 saturated heterocycles. The van der Waals surface area contributed by atoms with Gasteiger partial charge in [-0.2, -0.15) is 0 Å². The molecule has 0 saturated carbocycles. The number of hydrogen-bond donors (Lipinski definition) is 0. The van der Waals surface area contributed by atoms with Gasteiger partial charge < -0.3 is 14.2 Å². The minimum Gasteiger partial charge on any atom is -0.493 e. The van der Waals surface area contributed by atoms with Crippen molar-refractivity contribution >= 4 is 5.69 Å². The van der Waals surface area contributed by atoms with E-state index in [1.807, 2.05) is 47.6 Å². The fourth-order valence-electron chi connectivity index (χ4n) is 2.15. The summed E-state index contributed by atoms with van der Waals surface area (Å²) in [5, 5.41) is 1.37. The second kappa shape index (κ2) is 10.2. The van der Waals surface area contributed by atoms with Crippen LogP contribution < -0.4 is 19.4 Å². The predicted molar refractivity (Wildman–Crippen MR) is 90.4 cm³/mol. The molecule has 0 fully saturated rings. The SMILES string of the molecule is CCOc1cc(N(OCC)OCC)c(OCC)c(OCC)c1C. The Morgan fingerprint density at radius 2 is 1.26 bits per heavy atom. The lowest BCUT2D eigenvalue weighted by Crippen LogP contribution is -2.25. The third kappa shape index (κ3) is 4.91. The number of benzene rings is 1. The van der Waals surface area contributed by atoms with Gasteiger partial charge in [0.15, 0.2) is 11.5 Å². The Bertz CT molecular complexity index is 473. The van der Waals surface area contributed by atoms with E-state index in [4.69, 9.17) is 23.9 Å². The molecule has 1 aromatic carbocycles. The molecule has 6 heteroatoms. The Balaban J connectivity index is 3.48. The van der Waals surface area contributed by atoms with Gasteiger partial charge in [0.25, 0.3) is 0 Å². The maximum atomic E-state index is 5.83. The summed E-state index contributed by atoms with van der Waals surface area (Å²) >= 11 is 0. The first-order valence-corrected chi connectivity index (χ1v) is 8.26. The van der Waals surface area contributed by atoms with Crippen LogP contribution in [0.1, 0.15) is 40.2 Å². The van der Waals surface area contributed by atoms with Gasteiger partial charge >= 0.3 is 0 Å². The summed E-state index contributed by atoms with van der Waals surface area (Å²) in [6, 6.07) is 1.86. The highest BCUT2D eigenvalue weighted by Gasteiger charge is 2.24. The third-order valence-electron chi connectivity index (χ3n) is 2.98. The van der Waals surface area contributed by atoms with Crippen LogP contribution in [0.25, 0.3) is 0 Å². The van der Waals surface area contributed by atoms with E-state index >= 15 is 0 Å². The molecule has 0 aliphatic rings. The molecule has 0 unspecified atom stereocenters. The average Bonchev–Trinajstić information content (AvgIpc) is 2.53. The summed E-state index contributed by atoms with van der Waals surface area (Å²) < 4.78 is 17.4. The zero-order valence-corrected chi connectivity index (χ0v) is 15.1. The lowest BCUT2D eigenvalue weighted by atomic mass is 10.1. The van der Waals surface area contributed by atoms with E-state index in [1.54, 1.807) is 0 Å². The van der Waals surface area contributed by atoms with Crippen molar-refractivity contribution in [1.82, 2.24) is 0 Å². The molecule has 0 amide bonds. The largest absolute Gasteiger partial charge is 0.493 e. The lowest BCUT2D eigenvalue weighted by Gasteiger charge is -2.26. The molecule has 0 spiro atoms. The molecule has 0 bridgehead atoms. The first-order chi connectivity index (χ1) is 11.1. The van der Waals surface area contributed by atoms with Crippen LogP contribution in [-0.2, 0) is 9.68 Å². The van der Waals surface area contributed by atoms with Gasteiger partial charge in [0, 0.05) is 11.6 Å². The van der Waals surface area contributed by atoms with Crippen LogP contribution in [0.3, 0.4) is 0 Å². The van der Waals surface area contributed by atoms with Crippen LogP contribution in [0.4, 0.5) is 5.69 Å². The maximum Gasteiger partial charge on any atom is 0.190 e. The van der Waals surface area contributed by atoms with Crippen molar-refractivity contribution in [2.75, 3.05) is 38.3 Å². The molecule has 0 aliphatic heterocycles. The number of nitrogens with zero attached hydrogens (tertiary/aromatic N) is 1. The quantitative estimate of drug-likeness (QED) is 0.575.